The smallest absolute Gasteiger partial charge is 0.151 e. The summed E-state index contributed by atoms with van der Waals surface area (Å²) in [4.78, 5) is 9.76. The Morgan fingerprint density at radius 1 is 0.650 bits per heavy atom. The average molecular weight is 302 g/mol. The molecule has 0 aromatic rings. The minimum atomic E-state index is -1.64. The van der Waals surface area contributed by atoms with Gasteiger partial charge in [0.05, 0.1) is 19.8 Å². The van der Waals surface area contributed by atoms with Crippen molar-refractivity contribution in [3.63, 3.8) is 0 Å². The Morgan fingerprint density at radius 3 is 1.20 bits per heavy atom. The van der Waals surface area contributed by atoms with E-state index in [0.717, 1.165) is 0 Å². The van der Waals surface area contributed by atoms with Crippen LogP contribution in [-0.4, -0.2) is 109 Å². The van der Waals surface area contributed by atoms with E-state index in [0.29, 0.717) is 0 Å². The van der Waals surface area contributed by atoms with Gasteiger partial charge in [-0.2, -0.15) is 0 Å². The van der Waals surface area contributed by atoms with Gasteiger partial charge in [-0.1, -0.05) is 0 Å². The molecule has 0 radical (unpaired) electrons. The predicted octanol–water partition coefficient (Wildman–Crippen LogP) is -5.69. The van der Waals surface area contributed by atoms with Gasteiger partial charge in [-0.3, -0.25) is 0 Å². The fourth-order valence-corrected chi connectivity index (χ4v) is 0.889. The van der Waals surface area contributed by atoms with Gasteiger partial charge in [0.15, 0.2) is 6.29 Å². The Labute approximate surface area is 114 Å². The summed E-state index contributed by atoms with van der Waals surface area (Å²) in [6.07, 6.45) is -8.92. The van der Waals surface area contributed by atoms with Gasteiger partial charge in [0.25, 0.3) is 0 Å². The average Bonchev–Trinajstić information content (AvgIpc) is 2.50. The Kier molecular flexibility index (Phi) is 13.1. The first-order valence-corrected chi connectivity index (χ1v) is 5.62. The minimum Gasteiger partial charge on any atom is -0.394 e. The lowest BCUT2D eigenvalue weighted by Gasteiger charge is -2.19. The van der Waals surface area contributed by atoms with Crippen LogP contribution in [0, 0.1) is 0 Å². The number of carbonyl (C=O) groups is 1. The molecule has 0 heterocycles. The zero-order valence-corrected chi connectivity index (χ0v) is 10.6. The van der Waals surface area contributed by atoms with Crippen molar-refractivity contribution in [2.45, 2.75) is 36.6 Å². The summed E-state index contributed by atoms with van der Waals surface area (Å²) in [6.45, 7) is -1.97. The fourth-order valence-electron chi connectivity index (χ4n) is 0.889. The molecule has 0 bridgehead atoms. The maximum Gasteiger partial charge on any atom is 0.151 e. The Hall–Kier alpha value is -0.690. The standard InChI is InChI=1S/C5H12O5.C5H10O5/c2*6-1-3(8)5(10)4(9)2-7/h3-10H,1-2H2;1,3-5,7-10H,2H2/t3-,4-;3-,4+,5-/m10/s1. The highest BCUT2D eigenvalue weighted by atomic mass is 16.4. The van der Waals surface area contributed by atoms with Crippen molar-refractivity contribution in [2.75, 3.05) is 19.8 Å². The minimum absolute atomic E-state index is 0.0869. The van der Waals surface area contributed by atoms with E-state index in [4.69, 9.17) is 46.0 Å². The lowest BCUT2D eigenvalue weighted by molar-refractivity contribution is -0.127. The zero-order valence-electron chi connectivity index (χ0n) is 10.6. The van der Waals surface area contributed by atoms with E-state index in [1.54, 1.807) is 0 Å². The highest BCUT2D eigenvalue weighted by Gasteiger charge is 2.23. The third kappa shape index (κ3) is 8.47. The molecule has 0 spiro atoms. The van der Waals surface area contributed by atoms with Crippen LogP contribution in [0.5, 0.6) is 0 Å². The quantitative estimate of drug-likeness (QED) is 0.195. The molecule has 0 aliphatic carbocycles. The molecule has 0 aromatic heterocycles. The summed E-state index contributed by atoms with van der Waals surface area (Å²) in [5.74, 6) is 0. The van der Waals surface area contributed by atoms with Crippen molar-refractivity contribution in [3.05, 3.63) is 0 Å². The molecule has 5 atom stereocenters. The Bertz CT molecular complexity index is 228. The fraction of sp³-hybridized carbons (Fsp3) is 0.900. The number of aldehydes is 1. The second kappa shape index (κ2) is 12.1. The first-order chi connectivity index (χ1) is 9.26. The van der Waals surface area contributed by atoms with Gasteiger partial charge in [0, 0.05) is 0 Å². The molecular formula is C10H22O10. The Morgan fingerprint density at radius 2 is 0.950 bits per heavy atom. The number of hydrogen-bond donors (Lipinski definition) is 9. The van der Waals surface area contributed by atoms with Crippen molar-refractivity contribution >= 4 is 6.29 Å². The molecule has 0 amide bonds. The van der Waals surface area contributed by atoms with E-state index in [-0.39, 0.29) is 6.29 Å². The van der Waals surface area contributed by atoms with Crippen LogP contribution in [-0.2, 0) is 4.79 Å². The summed E-state index contributed by atoms with van der Waals surface area (Å²) in [5.41, 5.74) is 0. The van der Waals surface area contributed by atoms with Crippen LogP contribution in [0.4, 0.5) is 0 Å². The third-order valence-electron chi connectivity index (χ3n) is 2.23. The van der Waals surface area contributed by atoms with Gasteiger partial charge < -0.3 is 50.8 Å². The molecule has 0 saturated heterocycles. The molecule has 10 heteroatoms. The number of aliphatic hydroxyl groups excluding tert-OH is 9. The molecular weight excluding hydrogens is 280 g/mol. The van der Waals surface area contributed by atoms with Gasteiger partial charge in [-0.15, -0.1) is 0 Å². The van der Waals surface area contributed by atoms with Crippen LogP contribution in [0.2, 0.25) is 0 Å². The monoisotopic (exact) mass is 302 g/mol. The maximum absolute atomic E-state index is 9.76. The topological polar surface area (TPSA) is 199 Å². The van der Waals surface area contributed by atoms with Crippen LogP contribution in [0.15, 0.2) is 0 Å². The number of aliphatic hydroxyl groups is 9. The predicted molar refractivity (Wildman–Crippen MR) is 63.4 cm³/mol. The van der Waals surface area contributed by atoms with Gasteiger partial charge in [-0.25, -0.2) is 0 Å². The summed E-state index contributed by atoms with van der Waals surface area (Å²) >= 11 is 0. The number of rotatable bonds is 8. The normalized spacial score (nSPS) is 18.5. The van der Waals surface area contributed by atoms with E-state index in [2.05, 4.69) is 0 Å². The van der Waals surface area contributed by atoms with Crippen LogP contribution in [0.3, 0.4) is 0 Å². The molecule has 0 unspecified atom stereocenters. The van der Waals surface area contributed by atoms with E-state index in [1.165, 1.54) is 0 Å². The SMILES string of the molecule is O=C[C@H](O)[C@H](O)[C@H](O)CO.OC[C@@H](O)C(O)[C@H](O)CO. The van der Waals surface area contributed by atoms with Gasteiger partial charge in [0.1, 0.15) is 36.6 Å². The summed E-state index contributed by atoms with van der Waals surface area (Å²) < 4.78 is 0. The van der Waals surface area contributed by atoms with E-state index >= 15 is 0 Å². The molecule has 10 nitrogen and oxygen atoms in total. The van der Waals surface area contributed by atoms with Gasteiger partial charge in [0.2, 0.25) is 0 Å². The molecule has 0 rings (SSSR count). The first kappa shape index (κ1) is 21.6. The number of carbonyl (C=O) groups excluding carboxylic acids is 1. The third-order valence-corrected chi connectivity index (χ3v) is 2.23. The van der Waals surface area contributed by atoms with Crippen LogP contribution < -0.4 is 0 Å². The van der Waals surface area contributed by atoms with Crippen LogP contribution in [0.1, 0.15) is 0 Å². The maximum atomic E-state index is 9.76. The molecule has 0 aromatic carbocycles. The van der Waals surface area contributed by atoms with Crippen LogP contribution in [0.25, 0.3) is 0 Å². The van der Waals surface area contributed by atoms with Gasteiger partial charge >= 0.3 is 0 Å². The molecule has 0 aliphatic heterocycles. The van der Waals surface area contributed by atoms with Crippen molar-refractivity contribution in [3.8, 4) is 0 Å². The highest BCUT2D eigenvalue weighted by molar-refractivity contribution is 5.56. The molecule has 0 aliphatic rings. The second-order valence-corrected chi connectivity index (χ2v) is 3.86. The summed E-state index contributed by atoms with van der Waals surface area (Å²) in [7, 11) is 0. The lowest BCUT2D eigenvalue weighted by Crippen LogP contribution is -2.41. The van der Waals surface area contributed by atoms with Crippen molar-refractivity contribution in [1.82, 2.24) is 0 Å². The highest BCUT2D eigenvalue weighted by Crippen LogP contribution is 1.98. The zero-order chi connectivity index (χ0) is 16.3. The van der Waals surface area contributed by atoms with E-state index in [1.807, 2.05) is 0 Å². The van der Waals surface area contributed by atoms with E-state index < -0.39 is 56.4 Å². The van der Waals surface area contributed by atoms with Crippen LogP contribution >= 0.6 is 0 Å². The van der Waals surface area contributed by atoms with Crippen molar-refractivity contribution in [1.29, 1.82) is 0 Å². The largest absolute Gasteiger partial charge is 0.394 e. The lowest BCUT2D eigenvalue weighted by atomic mass is 10.1. The molecule has 9 N–H and O–H groups in total. The van der Waals surface area contributed by atoms with Crippen molar-refractivity contribution < 1.29 is 50.8 Å². The molecule has 0 fully saturated rings. The Balaban J connectivity index is 0. The van der Waals surface area contributed by atoms with Crippen molar-refractivity contribution in [2.24, 2.45) is 0 Å². The molecule has 122 valence electrons. The van der Waals surface area contributed by atoms with Gasteiger partial charge in [-0.05, 0) is 0 Å². The second-order valence-electron chi connectivity index (χ2n) is 3.86. The summed E-state index contributed by atoms with van der Waals surface area (Å²) in [5, 5.41) is 76.6. The number of hydrogen-bond acceptors (Lipinski definition) is 10. The van der Waals surface area contributed by atoms with E-state index in [9.17, 15) is 4.79 Å². The molecule has 20 heavy (non-hydrogen) atoms. The summed E-state index contributed by atoms with van der Waals surface area (Å²) in [6, 6.07) is 0. The first-order valence-electron chi connectivity index (χ1n) is 5.62. The molecule has 0 saturated carbocycles.